The molecule has 0 bridgehead atoms. The summed E-state index contributed by atoms with van der Waals surface area (Å²) in [5.41, 5.74) is 2.50. The molecule has 0 aromatic heterocycles. The molecule has 1 aromatic rings. The molecule has 0 aliphatic carbocycles. The van der Waals surface area contributed by atoms with Gasteiger partial charge in [-0.25, -0.2) is 0 Å². The molecule has 0 radical (unpaired) electrons. The van der Waals surface area contributed by atoms with E-state index in [2.05, 4.69) is 16.7 Å². The van der Waals surface area contributed by atoms with Crippen LogP contribution in [-0.4, -0.2) is 19.1 Å². The summed E-state index contributed by atoms with van der Waals surface area (Å²) in [6.07, 6.45) is 2.47. The molecule has 90 valence electrons. The fraction of sp³-hybridized carbons (Fsp3) is 0.462. The third kappa shape index (κ3) is 2.71. The van der Waals surface area contributed by atoms with Crippen LogP contribution >= 0.6 is 11.6 Å². The largest absolute Gasteiger partial charge is 0.383 e. The quantitative estimate of drug-likeness (QED) is 0.866. The lowest BCUT2D eigenvalue weighted by molar-refractivity contribution is 0.633. The van der Waals surface area contributed by atoms with Crippen LogP contribution in [0.3, 0.4) is 0 Å². The van der Waals surface area contributed by atoms with Gasteiger partial charge in [0.1, 0.15) is 6.07 Å². The van der Waals surface area contributed by atoms with Gasteiger partial charge >= 0.3 is 0 Å². The predicted molar refractivity (Wildman–Crippen MR) is 70.4 cm³/mol. The maximum absolute atomic E-state index is 8.87. The summed E-state index contributed by atoms with van der Waals surface area (Å²) in [5, 5.41) is 16.3. The molecule has 1 heterocycles. The molecular formula is C13H16ClN3. The van der Waals surface area contributed by atoms with E-state index in [0.717, 1.165) is 24.3 Å². The molecule has 3 nitrogen and oxygen atoms in total. The highest BCUT2D eigenvalue weighted by molar-refractivity contribution is 6.32. The van der Waals surface area contributed by atoms with Crippen molar-refractivity contribution in [2.75, 3.05) is 18.4 Å². The number of hydrogen-bond donors (Lipinski definition) is 2. The number of nitrogens with one attached hydrogen (secondary N) is 2. The Morgan fingerprint density at radius 2 is 2.41 bits per heavy atom. The van der Waals surface area contributed by atoms with Crippen molar-refractivity contribution in [2.45, 2.75) is 25.8 Å². The maximum atomic E-state index is 8.87. The molecule has 1 unspecified atom stereocenters. The first-order valence-corrected chi connectivity index (χ1v) is 6.26. The summed E-state index contributed by atoms with van der Waals surface area (Å²) < 4.78 is 0. The van der Waals surface area contributed by atoms with Crippen LogP contribution in [0.1, 0.15) is 24.0 Å². The number of nitrogens with zero attached hydrogens (tertiary/aromatic N) is 1. The van der Waals surface area contributed by atoms with Crippen molar-refractivity contribution < 1.29 is 0 Å². The molecule has 0 saturated carbocycles. The molecule has 0 amide bonds. The number of nitriles is 1. The van der Waals surface area contributed by atoms with Crippen LogP contribution in [0, 0.1) is 18.3 Å². The molecule has 2 N–H and O–H groups in total. The Kier molecular flexibility index (Phi) is 3.88. The molecule has 2 rings (SSSR count). The third-order valence-electron chi connectivity index (χ3n) is 3.21. The molecular weight excluding hydrogens is 234 g/mol. The van der Waals surface area contributed by atoms with Crippen molar-refractivity contribution in [1.29, 1.82) is 5.26 Å². The highest BCUT2D eigenvalue weighted by atomic mass is 35.5. The van der Waals surface area contributed by atoms with Gasteiger partial charge in [0.2, 0.25) is 0 Å². The summed E-state index contributed by atoms with van der Waals surface area (Å²) in [5.74, 6) is 0. The number of halogens is 1. The molecule has 1 aromatic carbocycles. The Morgan fingerprint density at radius 1 is 1.59 bits per heavy atom. The summed E-state index contributed by atoms with van der Waals surface area (Å²) in [4.78, 5) is 0. The second-order valence-electron chi connectivity index (χ2n) is 4.39. The van der Waals surface area contributed by atoms with Gasteiger partial charge in [-0.3, -0.25) is 0 Å². The van der Waals surface area contributed by atoms with Crippen molar-refractivity contribution in [3.8, 4) is 6.07 Å². The van der Waals surface area contributed by atoms with Gasteiger partial charge in [0.05, 0.1) is 10.6 Å². The normalized spacial score (nSPS) is 19.0. The Morgan fingerprint density at radius 3 is 3.06 bits per heavy atom. The zero-order valence-corrected chi connectivity index (χ0v) is 10.6. The summed E-state index contributed by atoms with van der Waals surface area (Å²) in [6, 6.07) is 6.32. The van der Waals surface area contributed by atoms with E-state index in [4.69, 9.17) is 16.9 Å². The molecule has 4 heteroatoms. The monoisotopic (exact) mass is 249 g/mol. The lowest BCUT2D eigenvalue weighted by Gasteiger charge is -2.15. The van der Waals surface area contributed by atoms with Gasteiger partial charge in [0, 0.05) is 18.3 Å². The van der Waals surface area contributed by atoms with Gasteiger partial charge in [0.25, 0.3) is 0 Å². The lowest BCUT2D eigenvalue weighted by atomic mass is 10.1. The number of rotatable bonds is 3. The highest BCUT2D eigenvalue weighted by Crippen LogP contribution is 2.27. The van der Waals surface area contributed by atoms with Crippen molar-refractivity contribution >= 4 is 17.3 Å². The molecule has 0 spiro atoms. The molecule has 1 atom stereocenters. The van der Waals surface area contributed by atoms with E-state index in [9.17, 15) is 0 Å². The van der Waals surface area contributed by atoms with E-state index in [1.54, 1.807) is 6.07 Å². The van der Waals surface area contributed by atoms with E-state index >= 15 is 0 Å². The lowest BCUT2D eigenvalue weighted by Crippen LogP contribution is -2.29. The first kappa shape index (κ1) is 12.2. The standard InChI is InChI=1S/C13H16ClN3/c1-9-12(5-4-10(7-15)13(9)14)17-8-11-3-2-6-16-11/h4-5,11,16-17H,2-3,6,8H2,1H3. The third-order valence-corrected chi connectivity index (χ3v) is 3.70. The van der Waals surface area contributed by atoms with Gasteiger partial charge in [-0.2, -0.15) is 5.26 Å². The van der Waals surface area contributed by atoms with E-state index in [-0.39, 0.29) is 0 Å². The molecule has 1 aliphatic heterocycles. The van der Waals surface area contributed by atoms with Gasteiger partial charge in [-0.05, 0) is 44.0 Å². The van der Waals surface area contributed by atoms with Crippen LogP contribution in [0.2, 0.25) is 5.02 Å². The minimum absolute atomic E-state index is 0.536. The average molecular weight is 250 g/mol. The van der Waals surface area contributed by atoms with Crippen molar-refractivity contribution in [2.24, 2.45) is 0 Å². The Bertz CT molecular complexity index is 445. The van der Waals surface area contributed by atoms with Gasteiger partial charge in [0.15, 0.2) is 0 Å². The van der Waals surface area contributed by atoms with Crippen LogP contribution in [0.5, 0.6) is 0 Å². The Labute approximate surface area is 107 Å². The Balaban J connectivity index is 2.06. The van der Waals surface area contributed by atoms with Crippen molar-refractivity contribution in [3.05, 3.63) is 28.3 Å². The number of benzene rings is 1. The summed E-state index contributed by atoms with van der Waals surface area (Å²) in [6.45, 7) is 3.95. The zero-order chi connectivity index (χ0) is 12.3. The zero-order valence-electron chi connectivity index (χ0n) is 9.89. The number of hydrogen-bond acceptors (Lipinski definition) is 3. The molecule has 1 saturated heterocycles. The van der Waals surface area contributed by atoms with E-state index in [1.807, 2.05) is 13.0 Å². The van der Waals surface area contributed by atoms with Crippen LogP contribution in [0.15, 0.2) is 12.1 Å². The summed E-state index contributed by atoms with van der Waals surface area (Å²) >= 11 is 6.12. The SMILES string of the molecule is Cc1c(NCC2CCCN2)ccc(C#N)c1Cl. The number of anilines is 1. The van der Waals surface area contributed by atoms with Gasteiger partial charge in [-0.1, -0.05) is 11.6 Å². The van der Waals surface area contributed by atoms with Gasteiger partial charge < -0.3 is 10.6 Å². The smallest absolute Gasteiger partial charge is 0.101 e. The fourth-order valence-electron chi connectivity index (χ4n) is 2.13. The van der Waals surface area contributed by atoms with E-state index in [1.165, 1.54) is 12.8 Å². The Hall–Kier alpha value is -1.24. The average Bonchev–Trinajstić information content (AvgIpc) is 2.84. The minimum atomic E-state index is 0.536. The highest BCUT2D eigenvalue weighted by Gasteiger charge is 2.14. The van der Waals surface area contributed by atoms with Crippen molar-refractivity contribution in [3.63, 3.8) is 0 Å². The van der Waals surface area contributed by atoms with Crippen LogP contribution in [0.4, 0.5) is 5.69 Å². The predicted octanol–water partition coefficient (Wildman–Crippen LogP) is 2.68. The van der Waals surface area contributed by atoms with E-state index in [0.29, 0.717) is 16.6 Å². The van der Waals surface area contributed by atoms with Gasteiger partial charge in [-0.15, -0.1) is 0 Å². The fourth-order valence-corrected chi connectivity index (χ4v) is 2.33. The topological polar surface area (TPSA) is 47.8 Å². The van der Waals surface area contributed by atoms with Crippen molar-refractivity contribution in [1.82, 2.24) is 5.32 Å². The first-order valence-electron chi connectivity index (χ1n) is 5.89. The van der Waals surface area contributed by atoms with E-state index < -0.39 is 0 Å². The van der Waals surface area contributed by atoms with Crippen LogP contribution < -0.4 is 10.6 Å². The first-order chi connectivity index (χ1) is 8.22. The minimum Gasteiger partial charge on any atom is -0.383 e. The van der Waals surface area contributed by atoms with Crippen LogP contribution in [-0.2, 0) is 0 Å². The maximum Gasteiger partial charge on any atom is 0.101 e. The van der Waals surface area contributed by atoms with Crippen LogP contribution in [0.25, 0.3) is 0 Å². The second-order valence-corrected chi connectivity index (χ2v) is 4.76. The molecule has 1 aliphatic rings. The molecule has 17 heavy (non-hydrogen) atoms. The summed E-state index contributed by atoms with van der Waals surface area (Å²) in [7, 11) is 0. The molecule has 1 fully saturated rings. The second kappa shape index (κ2) is 5.39.